The smallest absolute Gasteiger partial charge is 0.143 e. The van der Waals surface area contributed by atoms with Gasteiger partial charge in [0.15, 0.2) is 0 Å². The van der Waals surface area contributed by atoms with Gasteiger partial charge in [-0.25, -0.2) is 0 Å². The molecular weight excluding hydrogens is 577 g/mol. The van der Waals surface area contributed by atoms with Crippen molar-refractivity contribution in [3.63, 3.8) is 0 Å². The van der Waals surface area contributed by atoms with Gasteiger partial charge in [-0.3, -0.25) is 0 Å². The number of para-hydroxylation sites is 1. The summed E-state index contributed by atoms with van der Waals surface area (Å²) in [5.41, 5.74) is 9.04. The number of hydrogen-bond acceptors (Lipinski definition) is 2. The highest BCUT2D eigenvalue weighted by atomic mass is 32.1. The van der Waals surface area contributed by atoms with Crippen LogP contribution in [-0.2, 0) is 0 Å². The van der Waals surface area contributed by atoms with E-state index in [-0.39, 0.29) is 0 Å². The molecule has 0 N–H and O–H groups in total. The van der Waals surface area contributed by atoms with Crippen molar-refractivity contribution in [1.82, 2.24) is 0 Å². The molecule has 0 aliphatic rings. The van der Waals surface area contributed by atoms with E-state index in [1.807, 2.05) is 11.3 Å². The Hall–Kier alpha value is -5.70. The Morgan fingerprint density at radius 1 is 0.370 bits per heavy atom. The Morgan fingerprint density at radius 2 is 1.00 bits per heavy atom. The predicted octanol–water partition coefficient (Wildman–Crippen LogP) is 13.3. The maximum atomic E-state index is 7.01. The number of benzene rings is 8. The first-order valence-electron chi connectivity index (χ1n) is 15.7. The van der Waals surface area contributed by atoms with Crippen molar-refractivity contribution < 1.29 is 4.42 Å². The van der Waals surface area contributed by atoms with E-state index in [0.29, 0.717) is 0 Å². The lowest BCUT2D eigenvalue weighted by atomic mass is 9.92. The van der Waals surface area contributed by atoms with Crippen LogP contribution in [0.2, 0.25) is 0 Å². The van der Waals surface area contributed by atoms with Crippen LogP contribution in [0, 0.1) is 0 Å². The zero-order valence-corrected chi connectivity index (χ0v) is 25.6. The highest BCUT2D eigenvalue weighted by Crippen LogP contribution is 2.45. The molecule has 2 aromatic heterocycles. The van der Waals surface area contributed by atoms with Crippen LogP contribution < -0.4 is 0 Å². The molecule has 2 heteroatoms. The summed E-state index contributed by atoms with van der Waals surface area (Å²) in [6.07, 6.45) is 0. The normalized spacial score (nSPS) is 11.9. The van der Waals surface area contributed by atoms with E-state index in [2.05, 4.69) is 158 Å². The molecule has 0 radical (unpaired) electrons. The Balaban J connectivity index is 1.22. The van der Waals surface area contributed by atoms with Gasteiger partial charge in [0.1, 0.15) is 11.2 Å². The molecular formula is C44H26OS. The van der Waals surface area contributed by atoms with Crippen LogP contribution in [0.25, 0.3) is 97.0 Å². The maximum Gasteiger partial charge on any atom is 0.143 e. The van der Waals surface area contributed by atoms with Gasteiger partial charge in [0, 0.05) is 41.9 Å². The Bertz CT molecular complexity index is 2800. The SMILES string of the molecule is c1ccc(-c2cc3ccccc3c3c2ccc2c4cccc(-c5cccc(-c6cccc7c6sc6ccccc67)c5)c4oc23)cc1. The molecule has 0 spiro atoms. The molecule has 10 rings (SSSR count). The van der Waals surface area contributed by atoms with Gasteiger partial charge in [0.25, 0.3) is 0 Å². The highest BCUT2D eigenvalue weighted by Gasteiger charge is 2.19. The summed E-state index contributed by atoms with van der Waals surface area (Å²) in [7, 11) is 0. The van der Waals surface area contributed by atoms with E-state index >= 15 is 0 Å². The monoisotopic (exact) mass is 602 g/mol. The molecule has 10 aromatic rings. The van der Waals surface area contributed by atoms with Gasteiger partial charge in [-0.1, -0.05) is 133 Å². The fourth-order valence-electron chi connectivity index (χ4n) is 7.35. The third kappa shape index (κ3) is 3.74. The third-order valence-electron chi connectivity index (χ3n) is 9.46. The summed E-state index contributed by atoms with van der Waals surface area (Å²) >= 11 is 1.87. The van der Waals surface area contributed by atoms with Gasteiger partial charge in [-0.05, 0) is 68.2 Å². The van der Waals surface area contributed by atoms with E-state index < -0.39 is 0 Å². The number of furan rings is 1. The van der Waals surface area contributed by atoms with E-state index in [9.17, 15) is 0 Å². The van der Waals surface area contributed by atoms with Crippen LogP contribution in [-0.4, -0.2) is 0 Å². The summed E-state index contributed by atoms with van der Waals surface area (Å²) < 4.78 is 9.66. The van der Waals surface area contributed by atoms with Gasteiger partial charge >= 0.3 is 0 Å². The maximum absolute atomic E-state index is 7.01. The zero-order chi connectivity index (χ0) is 30.2. The summed E-state index contributed by atoms with van der Waals surface area (Å²) in [6, 6.07) is 57.0. The first-order chi connectivity index (χ1) is 22.8. The fraction of sp³-hybridized carbons (Fsp3) is 0. The number of hydrogen-bond donors (Lipinski definition) is 0. The van der Waals surface area contributed by atoms with E-state index in [1.165, 1.54) is 64.0 Å². The van der Waals surface area contributed by atoms with Gasteiger partial charge in [-0.2, -0.15) is 0 Å². The summed E-state index contributed by atoms with van der Waals surface area (Å²) in [4.78, 5) is 0. The first-order valence-corrected chi connectivity index (χ1v) is 16.5. The third-order valence-corrected chi connectivity index (χ3v) is 10.7. The van der Waals surface area contributed by atoms with E-state index in [4.69, 9.17) is 4.42 Å². The largest absolute Gasteiger partial charge is 0.455 e. The number of rotatable bonds is 3. The van der Waals surface area contributed by atoms with Crippen LogP contribution in [0.1, 0.15) is 0 Å². The van der Waals surface area contributed by atoms with Crippen molar-refractivity contribution in [2.45, 2.75) is 0 Å². The van der Waals surface area contributed by atoms with Crippen LogP contribution in [0.5, 0.6) is 0 Å². The van der Waals surface area contributed by atoms with Crippen molar-refractivity contribution in [1.29, 1.82) is 0 Å². The molecule has 1 nitrogen and oxygen atoms in total. The molecule has 0 saturated heterocycles. The lowest BCUT2D eigenvalue weighted by molar-refractivity contribution is 0.674. The second-order valence-electron chi connectivity index (χ2n) is 12.0. The van der Waals surface area contributed by atoms with Crippen molar-refractivity contribution in [2.24, 2.45) is 0 Å². The minimum atomic E-state index is 0.927. The number of fused-ring (bicyclic) bond motifs is 10. The molecule has 0 aliphatic heterocycles. The fourth-order valence-corrected chi connectivity index (χ4v) is 8.59. The van der Waals surface area contributed by atoms with Crippen LogP contribution in [0.3, 0.4) is 0 Å². The molecule has 46 heavy (non-hydrogen) atoms. The van der Waals surface area contributed by atoms with Crippen molar-refractivity contribution in [3.05, 3.63) is 158 Å². The Morgan fingerprint density at radius 3 is 1.89 bits per heavy atom. The van der Waals surface area contributed by atoms with Crippen LogP contribution in [0.15, 0.2) is 162 Å². The molecule has 8 aromatic carbocycles. The van der Waals surface area contributed by atoms with Gasteiger partial charge in [-0.15, -0.1) is 11.3 Å². The van der Waals surface area contributed by atoms with Crippen LogP contribution in [0.4, 0.5) is 0 Å². The van der Waals surface area contributed by atoms with Gasteiger partial charge in [0.05, 0.1) is 0 Å². The highest BCUT2D eigenvalue weighted by molar-refractivity contribution is 7.26. The number of thiophene rings is 1. The Kier molecular flexibility index (Phi) is 5.51. The van der Waals surface area contributed by atoms with Crippen molar-refractivity contribution in [3.8, 4) is 33.4 Å². The van der Waals surface area contributed by atoms with E-state index in [0.717, 1.165) is 33.1 Å². The van der Waals surface area contributed by atoms with Gasteiger partial charge in [0.2, 0.25) is 0 Å². The molecule has 0 aliphatic carbocycles. The molecule has 0 saturated carbocycles. The zero-order valence-electron chi connectivity index (χ0n) is 24.8. The molecule has 0 bridgehead atoms. The lowest BCUT2D eigenvalue weighted by Gasteiger charge is -2.11. The van der Waals surface area contributed by atoms with Crippen molar-refractivity contribution in [2.75, 3.05) is 0 Å². The predicted molar refractivity (Wildman–Crippen MR) is 198 cm³/mol. The second-order valence-corrected chi connectivity index (χ2v) is 13.1. The standard InChI is InChI=1S/C44H26OS/c1-2-11-27(12-3-1)39-26-30-13-4-5-16-31(30)41-35(39)23-24-37-36-20-9-18-32(42(36)45-43(37)41)28-14-8-15-29(25-28)33-19-10-21-38-34-17-6-7-22-40(34)46-44(33)38/h1-26H. The molecule has 0 fully saturated rings. The molecule has 0 amide bonds. The molecule has 0 atom stereocenters. The molecule has 214 valence electrons. The summed E-state index contributed by atoms with van der Waals surface area (Å²) in [6.45, 7) is 0. The average molecular weight is 603 g/mol. The summed E-state index contributed by atoms with van der Waals surface area (Å²) in [5, 5.41) is 9.72. The quantitative estimate of drug-likeness (QED) is 0.183. The van der Waals surface area contributed by atoms with Crippen LogP contribution >= 0.6 is 11.3 Å². The molecule has 2 heterocycles. The minimum Gasteiger partial charge on any atom is -0.455 e. The lowest BCUT2D eigenvalue weighted by Crippen LogP contribution is -1.85. The molecule has 0 unspecified atom stereocenters. The second kappa shape index (κ2) is 9.90. The topological polar surface area (TPSA) is 13.1 Å². The first kappa shape index (κ1) is 25.6. The van der Waals surface area contributed by atoms with Gasteiger partial charge < -0.3 is 4.42 Å². The van der Waals surface area contributed by atoms with Crippen molar-refractivity contribution >= 4 is 75.0 Å². The van der Waals surface area contributed by atoms with E-state index in [1.54, 1.807) is 0 Å². The minimum absolute atomic E-state index is 0.927. The average Bonchev–Trinajstić information content (AvgIpc) is 3.70. The Labute approximate surface area is 269 Å². The summed E-state index contributed by atoms with van der Waals surface area (Å²) in [5.74, 6) is 0.